The normalized spacial score (nSPS) is 14.0. The van der Waals surface area contributed by atoms with E-state index in [9.17, 15) is 4.79 Å². The van der Waals surface area contributed by atoms with Gasteiger partial charge in [0.25, 0.3) is 0 Å². The Morgan fingerprint density at radius 1 is 1.22 bits per heavy atom. The highest BCUT2D eigenvalue weighted by atomic mass is 79.9. The van der Waals surface area contributed by atoms with Crippen LogP contribution in [-0.4, -0.2) is 44.2 Å². The van der Waals surface area contributed by atoms with Crippen molar-refractivity contribution in [2.45, 2.75) is 19.5 Å². The maximum Gasteiger partial charge on any atom is 0.241 e. The first kappa shape index (κ1) is 19.5. The van der Waals surface area contributed by atoms with E-state index in [1.807, 2.05) is 49.2 Å². The average molecular weight is 435 g/mol. The lowest BCUT2D eigenvalue weighted by Gasteiger charge is -2.25. The number of hydrogen-bond donors (Lipinski definition) is 1. The molecule has 0 unspecified atom stereocenters. The highest BCUT2D eigenvalue weighted by molar-refractivity contribution is 9.10. The number of rotatable bonds is 6. The highest BCUT2D eigenvalue weighted by Gasteiger charge is 2.20. The van der Waals surface area contributed by atoms with Gasteiger partial charge in [-0.05, 0) is 44.3 Å². The fourth-order valence-electron chi connectivity index (χ4n) is 2.84. The molecule has 0 aromatic heterocycles. The fraction of sp³-hybridized carbons (Fsp3) is 0.350. The molecule has 0 bridgehead atoms. The molecule has 27 heavy (non-hydrogen) atoms. The summed E-state index contributed by atoms with van der Waals surface area (Å²) < 4.78 is 17.5. The second-order valence-electron chi connectivity index (χ2n) is 6.39. The average Bonchev–Trinajstić information content (AvgIpc) is 2.67. The third-order valence-corrected chi connectivity index (χ3v) is 5.01. The van der Waals surface area contributed by atoms with Crippen LogP contribution in [0.1, 0.15) is 12.5 Å². The van der Waals surface area contributed by atoms with E-state index in [-0.39, 0.29) is 11.9 Å². The van der Waals surface area contributed by atoms with Gasteiger partial charge in [0.15, 0.2) is 11.5 Å². The van der Waals surface area contributed by atoms with Crippen molar-refractivity contribution in [3.63, 3.8) is 0 Å². The van der Waals surface area contributed by atoms with Gasteiger partial charge in [0.2, 0.25) is 5.91 Å². The van der Waals surface area contributed by atoms with Crippen LogP contribution in [0.15, 0.2) is 40.9 Å². The van der Waals surface area contributed by atoms with Crippen molar-refractivity contribution in [3.05, 3.63) is 46.4 Å². The van der Waals surface area contributed by atoms with Crippen molar-refractivity contribution < 1.29 is 19.0 Å². The minimum atomic E-state index is -0.332. The standard InChI is InChI=1S/C20H23BrN2O4/c1-13(23(2)12-14-10-15(21)4-6-17(14)25-3)20(24)22-16-5-7-18-19(11-16)27-9-8-26-18/h4-7,10-11,13H,8-9,12H2,1-3H3,(H,22,24)/t13-/m0/s1. The largest absolute Gasteiger partial charge is 0.496 e. The van der Waals surface area contributed by atoms with Crippen LogP contribution < -0.4 is 19.5 Å². The molecule has 3 rings (SSSR count). The highest BCUT2D eigenvalue weighted by Crippen LogP contribution is 2.32. The zero-order valence-electron chi connectivity index (χ0n) is 15.6. The molecule has 1 heterocycles. The molecule has 0 fully saturated rings. The van der Waals surface area contributed by atoms with Gasteiger partial charge in [-0.2, -0.15) is 0 Å². The lowest BCUT2D eigenvalue weighted by Crippen LogP contribution is -2.39. The minimum Gasteiger partial charge on any atom is -0.496 e. The number of benzene rings is 2. The molecule has 0 aliphatic carbocycles. The summed E-state index contributed by atoms with van der Waals surface area (Å²) >= 11 is 3.48. The van der Waals surface area contributed by atoms with Crippen LogP contribution in [0.5, 0.6) is 17.2 Å². The molecular weight excluding hydrogens is 412 g/mol. The van der Waals surface area contributed by atoms with E-state index in [2.05, 4.69) is 21.2 Å². The van der Waals surface area contributed by atoms with E-state index in [0.29, 0.717) is 36.9 Å². The summed E-state index contributed by atoms with van der Waals surface area (Å²) in [6, 6.07) is 10.9. The van der Waals surface area contributed by atoms with Crippen molar-refractivity contribution in [2.75, 3.05) is 32.7 Å². The molecule has 1 amide bonds. The summed E-state index contributed by atoms with van der Waals surface area (Å²) in [5, 5.41) is 2.94. The molecule has 0 spiro atoms. The van der Waals surface area contributed by atoms with Gasteiger partial charge in [-0.1, -0.05) is 15.9 Å². The van der Waals surface area contributed by atoms with Gasteiger partial charge in [-0.15, -0.1) is 0 Å². The number of carbonyl (C=O) groups is 1. The van der Waals surface area contributed by atoms with E-state index in [1.54, 1.807) is 13.2 Å². The number of amides is 1. The quantitative estimate of drug-likeness (QED) is 0.750. The van der Waals surface area contributed by atoms with E-state index in [4.69, 9.17) is 14.2 Å². The molecule has 144 valence electrons. The molecule has 0 saturated heterocycles. The van der Waals surface area contributed by atoms with Gasteiger partial charge < -0.3 is 19.5 Å². The second-order valence-corrected chi connectivity index (χ2v) is 7.31. The van der Waals surface area contributed by atoms with Crippen LogP contribution in [0.2, 0.25) is 0 Å². The van der Waals surface area contributed by atoms with Crippen molar-refractivity contribution in [3.8, 4) is 17.2 Å². The molecule has 7 heteroatoms. The van der Waals surface area contributed by atoms with E-state index in [1.165, 1.54) is 0 Å². The van der Waals surface area contributed by atoms with Crippen LogP contribution >= 0.6 is 15.9 Å². The Balaban J connectivity index is 1.65. The molecule has 1 aliphatic heterocycles. The van der Waals surface area contributed by atoms with Gasteiger partial charge in [0, 0.05) is 28.3 Å². The smallest absolute Gasteiger partial charge is 0.241 e. The summed E-state index contributed by atoms with van der Waals surface area (Å²) in [5.41, 5.74) is 1.69. The lowest BCUT2D eigenvalue weighted by molar-refractivity contribution is -0.120. The predicted molar refractivity (Wildman–Crippen MR) is 108 cm³/mol. The van der Waals surface area contributed by atoms with Gasteiger partial charge in [-0.25, -0.2) is 0 Å². The fourth-order valence-corrected chi connectivity index (χ4v) is 3.25. The number of anilines is 1. The topological polar surface area (TPSA) is 60.0 Å². The van der Waals surface area contributed by atoms with Gasteiger partial charge in [-0.3, -0.25) is 9.69 Å². The Morgan fingerprint density at radius 2 is 1.96 bits per heavy atom. The number of likely N-dealkylation sites (N-methyl/N-ethyl adjacent to an activating group) is 1. The molecule has 1 N–H and O–H groups in total. The molecule has 1 aliphatic rings. The number of fused-ring (bicyclic) bond motifs is 1. The molecular formula is C20H23BrN2O4. The maximum atomic E-state index is 12.7. The van der Waals surface area contributed by atoms with Crippen molar-refractivity contribution in [1.29, 1.82) is 0 Å². The van der Waals surface area contributed by atoms with Crippen LogP contribution in [0.3, 0.4) is 0 Å². The number of ether oxygens (including phenoxy) is 3. The summed E-state index contributed by atoms with van der Waals surface area (Å²) in [6.45, 7) is 3.51. The summed E-state index contributed by atoms with van der Waals surface area (Å²) in [5.74, 6) is 2.05. The van der Waals surface area contributed by atoms with Crippen LogP contribution in [0.25, 0.3) is 0 Å². The zero-order chi connectivity index (χ0) is 19.4. The lowest BCUT2D eigenvalue weighted by atomic mass is 10.1. The third-order valence-electron chi connectivity index (χ3n) is 4.51. The number of methoxy groups -OCH3 is 1. The van der Waals surface area contributed by atoms with Gasteiger partial charge in [0.1, 0.15) is 19.0 Å². The number of nitrogens with zero attached hydrogens (tertiary/aromatic N) is 1. The van der Waals surface area contributed by atoms with Gasteiger partial charge in [0.05, 0.1) is 13.2 Å². The molecule has 6 nitrogen and oxygen atoms in total. The van der Waals surface area contributed by atoms with Crippen molar-refractivity contribution >= 4 is 27.5 Å². The first-order valence-corrected chi connectivity index (χ1v) is 9.50. The van der Waals surface area contributed by atoms with E-state index >= 15 is 0 Å². The van der Waals surface area contributed by atoms with Crippen molar-refractivity contribution in [1.82, 2.24) is 4.90 Å². The monoisotopic (exact) mass is 434 g/mol. The first-order valence-electron chi connectivity index (χ1n) is 8.71. The Kier molecular flexibility index (Phi) is 6.23. The van der Waals surface area contributed by atoms with Gasteiger partial charge >= 0.3 is 0 Å². The number of halogens is 1. The second kappa shape index (κ2) is 8.63. The van der Waals surface area contributed by atoms with Crippen LogP contribution in [0.4, 0.5) is 5.69 Å². The Hall–Kier alpha value is -2.25. The SMILES string of the molecule is COc1ccc(Br)cc1CN(C)[C@@H](C)C(=O)Nc1ccc2c(c1)OCCO2. The number of carbonyl (C=O) groups excluding carboxylic acids is 1. The Bertz CT molecular complexity index is 828. The minimum absolute atomic E-state index is 0.0943. The molecule has 0 radical (unpaired) electrons. The summed E-state index contributed by atoms with van der Waals surface area (Å²) in [6.07, 6.45) is 0. The Morgan fingerprint density at radius 3 is 2.70 bits per heavy atom. The van der Waals surface area contributed by atoms with Crippen molar-refractivity contribution in [2.24, 2.45) is 0 Å². The Labute approximate surface area is 167 Å². The summed E-state index contributed by atoms with van der Waals surface area (Å²) in [4.78, 5) is 14.6. The van der Waals surface area contributed by atoms with Crippen LogP contribution in [0, 0.1) is 0 Å². The molecule has 0 saturated carbocycles. The molecule has 2 aromatic carbocycles. The summed E-state index contributed by atoms with van der Waals surface area (Å²) in [7, 11) is 3.55. The van der Waals surface area contributed by atoms with Crippen LogP contribution in [-0.2, 0) is 11.3 Å². The molecule has 1 atom stereocenters. The maximum absolute atomic E-state index is 12.7. The first-order chi connectivity index (χ1) is 13.0. The number of hydrogen-bond acceptors (Lipinski definition) is 5. The van der Waals surface area contributed by atoms with E-state index in [0.717, 1.165) is 15.8 Å². The third kappa shape index (κ3) is 4.73. The predicted octanol–water partition coefficient (Wildman–Crippen LogP) is 3.69. The number of nitrogens with one attached hydrogen (secondary N) is 1. The molecule has 2 aromatic rings. The zero-order valence-corrected chi connectivity index (χ0v) is 17.2. The van der Waals surface area contributed by atoms with E-state index < -0.39 is 0 Å².